The van der Waals surface area contributed by atoms with E-state index in [1.54, 1.807) is 6.92 Å². The molecule has 6 heteroatoms. The van der Waals surface area contributed by atoms with E-state index in [1.165, 1.54) is 12.7 Å². The monoisotopic (exact) mass is 659 g/mol. The summed E-state index contributed by atoms with van der Waals surface area (Å²) in [5.74, 6) is 1.54. The smallest absolute Gasteiger partial charge is 0.328 e. The van der Waals surface area contributed by atoms with Crippen LogP contribution in [0, 0.1) is 56.7 Å². The van der Waals surface area contributed by atoms with Gasteiger partial charge >= 0.3 is 11.9 Å². The predicted molar refractivity (Wildman–Crippen MR) is 189 cm³/mol. The highest BCUT2D eigenvalue weighted by molar-refractivity contribution is 5.89. The molecule has 5 aliphatic rings. The summed E-state index contributed by atoms with van der Waals surface area (Å²) in [5, 5.41) is 3.28. The van der Waals surface area contributed by atoms with E-state index in [4.69, 9.17) is 9.47 Å². The summed E-state index contributed by atoms with van der Waals surface area (Å²) in [7, 11) is 1.41. The van der Waals surface area contributed by atoms with Gasteiger partial charge in [0.05, 0.1) is 12.5 Å². The number of carbonyl (C=O) groups is 3. The average molecular weight is 660 g/mol. The molecule has 0 aliphatic heterocycles. The number of carbonyl (C=O) groups excluding carboxylic acids is 3. The van der Waals surface area contributed by atoms with Crippen LogP contribution >= 0.6 is 0 Å². The lowest BCUT2D eigenvalue weighted by molar-refractivity contribution is -0.212. The molecular formula is C42H61NO5. The maximum absolute atomic E-state index is 14.8. The van der Waals surface area contributed by atoms with E-state index in [9.17, 15) is 14.4 Å². The molecule has 1 aromatic rings. The van der Waals surface area contributed by atoms with Crippen LogP contribution in [0.4, 0.5) is 0 Å². The molecule has 4 saturated carbocycles. The Labute approximate surface area is 289 Å². The second-order valence-electron chi connectivity index (χ2n) is 18.0. The molecule has 264 valence electrons. The molecule has 4 fully saturated rings. The second kappa shape index (κ2) is 12.3. The van der Waals surface area contributed by atoms with Gasteiger partial charge in [-0.25, -0.2) is 4.79 Å². The van der Waals surface area contributed by atoms with Crippen molar-refractivity contribution in [1.29, 1.82) is 0 Å². The molecule has 11 atom stereocenters. The Morgan fingerprint density at radius 3 is 2.27 bits per heavy atom. The summed E-state index contributed by atoms with van der Waals surface area (Å²) in [6.45, 7) is 18.7. The summed E-state index contributed by atoms with van der Waals surface area (Å²) >= 11 is 0. The van der Waals surface area contributed by atoms with Crippen LogP contribution in [0.1, 0.15) is 119 Å². The number of hydrogen-bond donors (Lipinski definition) is 1. The fraction of sp³-hybridized carbons (Fsp3) is 0.738. The van der Waals surface area contributed by atoms with Crippen molar-refractivity contribution >= 4 is 17.8 Å². The molecule has 1 unspecified atom stereocenters. The Bertz CT molecular complexity index is 1450. The van der Waals surface area contributed by atoms with Gasteiger partial charge in [0.15, 0.2) is 0 Å². The molecule has 1 N–H and O–H groups in total. The average Bonchev–Trinajstić information content (AvgIpc) is 3.04. The number of hydrogen-bond acceptors (Lipinski definition) is 5. The summed E-state index contributed by atoms with van der Waals surface area (Å²) in [6.07, 6.45) is 12.0. The van der Waals surface area contributed by atoms with Gasteiger partial charge in [-0.3, -0.25) is 9.59 Å². The summed E-state index contributed by atoms with van der Waals surface area (Å²) in [5.41, 5.74) is 2.18. The van der Waals surface area contributed by atoms with Gasteiger partial charge in [0.2, 0.25) is 5.91 Å². The van der Waals surface area contributed by atoms with Crippen LogP contribution in [0.5, 0.6) is 0 Å². The Kier molecular flexibility index (Phi) is 9.02. The van der Waals surface area contributed by atoms with Crippen molar-refractivity contribution < 1.29 is 23.9 Å². The summed E-state index contributed by atoms with van der Waals surface area (Å²) in [6, 6.07) is 9.19. The van der Waals surface area contributed by atoms with Gasteiger partial charge in [-0.15, -0.1) is 0 Å². The van der Waals surface area contributed by atoms with E-state index >= 15 is 0 Å². The van der Waals surface area contributed by atoms with Gasteiger partial charge in [0.1, 0.15) is 12.1 Å². The van der Waals surface area contributed by atoms with E-state index in [2.05, 4.69) is 59.9 Å². The molecule has 48 heavy (non-hydrogen) atoms. The first-order valence-electron chi connectivity index (χ1n) is 18.9. The predicted octanol–water partition coefficient (Wildman–Crippen LogP) is 8.48. The third-order valence-electron chi connectivity index (χ3n) is 15.8. The van der Waals surface area contributed by atoms with E-state index in [1.807, 2.05) is 30.3 Å². The standard InChI is InChI=1S/C42H61NO5/c1-26-17-22-42(37(46)43-31(36(45)47-9)25-29-13-11-10-12-14-29)24-23-40(7)30(35(42)27(26)2)15-16-33-39(6)20-19-34(48-28(3)44)38(4,5)32(39)18-21-41(33,40)8/h10-15,26-27,31-35H,16-25H2,1-9H3,(H,43,46)/t26-,27+,31?,32+,33-,34+,35+,39+,40-,41-,42+/m1/s1. The number of amides is 1. The van der Waals surface area contributed by atoms with Crippen LogP contribution in [0.3, 0.4) is 0 Å². The number of rotatable bonds is 6. The quantitative estimate of drug-likeness (QED) is 0.245. The molecule has 1 amide bonds. The van der Waals surface area contributed by atoms with Gasteiger partial charge in [0, 0.05) is 18.8 Å². The number of fused-ring (bicyclic) bond motifs is 7. The topological polar surface area (TPSA) is 81.7 Å². The lowest BCUT2D eigenvalue weighted by Gasteiger charge is -2.71. The fourth-order valence-corrected chi connectivity index (χ4v) is 12.8. The second-order valence-corrected chi connectivity index (χ2v) is 18.0. The minimum Gasteiger partial charge on any atom is -0.467 e. The van der Waals surface area contributed by atoms with Crippen molar-refractivity contribution in [3.8, 4) is 0 Å². The molecule has 0 heterocycles. The van der Waals surface area contributed by atoms with E-state index in [0.29, 0.717) is 30.1 Å². The highest BCUT2D eigenvalue weighted by Crippen LogP contribution is 2.76. The number of methoxy groups -OCH3 is 1. The maximum atomic E-state index is 14.8. The Morgan fingerprint density at radius 2 is 1.60 bits per heavy atom. The Balaban J connectivity index is 1.35. The van der Waals surface area contributed by atoms with Gasteiger partial charge in [0.25, 0.3) is 0 Å². The normalized spacial score (nSPS) is 42.0. The molecule has 0 saturated heterocycles. The van der Waals surface area contributed by atoms with Crippen LogP contribution < -0.4 is 5.32 Å². The van der Waals surface area contributed by atoms with Gasteiger partial charge in [-0.05, 0) is 109 Å². The molecule has 6 rings (SSSR count). The van der Waals surface area contributed by atoms with Gasteiger partial charge in [-0.2, -0.15) is 0 Å². The molecule has 6 nitrogen and oxygen atoms in total. The zero-order valence-corrected chi connectivity index (χ0v) is 31.1. The van der Waals surface area contributed by atoms with Gasteiger partial charge in [-0.1, -0.05) is 90.4 Å². The zero-order valence-electron chi connectivity index (χ0n) is 31.1. The Morgan fingerprint density at radius 1 is 0.896 bits per heavy atom. The largest absolute Gasteiger partial charge is 0.467 e. The van der Waals surface area contributed by atoms with E-state index in [0.717, 1.165) is 63.4 Å². The first kappa shape index (κ1) is 35.2. The molecule has 0 aromatic heterocycles. The molecular weight excluding hydrogens is 598 g/mol. The lowest BCUT2D eigenvalue weighted by atomic mass is 9.33. The highest BCUT2D eigenvalue weighted by Gasteiger charge is 2.69. The summed E-state index contributed by atoms with van der Waals surface area (Å²) < 4.78 is 11.2. The van der Waals surface area contributed by atoms with Crippen LogP contribution in [-0.4, -0.2) is 37.1 Å². The minimum absolute atomic E-state index is 0.00761. The van der Waals surface area contributed by atoms with Crippen molar-refractivity contribution in [2.75, 3.05) is 7.11 Å². The minimum atomic E-state index is -0.717. The molecule has 5 aliphatic carbocycles. The SMILES string of the molecule is COC(=O)C(Cc1ccccc1)NC(=O)[C@]12CC[C@@H](C)[C@H](C)[C@H]1C1=CC[C@@H]3[C@@]4(C)CC[C@H](OC(C)=O)C(C)(C)[C@@H]4CC[C@@]3(C)[C@]1(C)CC2. The number of nitrogens with one attached hydrogen (secondary N) is 1. The van der Waals surface area contributed by atoms with Crippen molar-refractivity contribution in [1.82, 2.24) is 5.32 Å². The molecule has 0 bridgehead atoms. The van der Waals surface area contributed by atoms with Gasteiger partial charge < -0.3 is 14.8 Å². The van der Waals surface area contributed by atoms with Crippen LogP contribution in [0.25, 0.3) is 0 Å². The van der Waals surface area contributed by atoms with Crippen molar-refractivity contribution in [2.24, 2.45) is 56.7 Å². The number of ether oxygens (including phenoxy) is 2. The van der Waals surface area contributed by atoms with Crippen LogP contribution in [0.2, 0.25) is 0 Å². The molecule has 0 radical (unpaired) electrons. The van der Waals surface area contributed by atoms with Crippen LogP contribution in [-0.2, 0) is 30.3 Å². The third kappa shape index (κ3) is 5.20. The van der Waals surface area contributed by atoms with Crippen molar-refractivity contribution in [3.63, 3.8) is 0 Å². The van der Waals surface area contributed by atoms with Crippen LogP contribution in [0.15, 0.2) is 42.0 Å². The first-order valence-corrected chi connectivity index (χ1v) is 18.9. The number of esters is 2. The lowest BCUT2D eigenvalue weighted by Crippen LogP contribution is -2.66. The first-order chi connectivity index (χ1) is 22.5. The van der Waals surface area contributed by atoms with E-state index in [-0.39, 0.29) is 51.5 Å². The fourth-order valence-electron chi connectivity index (χ4n) is 12.8. The van der Waals surface area contributed by atoms with Crippen molar-refractivity contribution in [2.45, 2.75) is 132 Å². The highest BCUT2D eigenvalue weighted by atomic mass is 16.5. The van der Waals surface area contributed by atoms with E-state index < -0.39 is 11.5 Å². The van der Waals surface area contributed by atoms with Crippen molar-refractivity contribution in [3.05, 3.63) is 47.5 Å². The molecule has 0 spiro atoms. The number of benzene rings is 1. The third-order valence-corrected chi connectivity index (χ3v) is 15.8. The Hall–Kier alpha value is -2.63. The maximum Gasteiger partial charge on any atom is 0.328 e. The number of allylic oxidation sites excluding steroid dienone is 2. The molecule has 1 aromatic carbocycles. The summed E-state index contributed by atoms with van der Waals surface area (Å²) in [4.78, 5) is 39.9. The zero-order chi connectivity index (χ0) is 34.9.